The number of aliphatic carboxylic acids is 1. The lowest BCUT2D eigenvalue weighted by molar-refractivity contribution is -0.137. The van der Waals surface area contributed by atoms with E-state index in [0.717, 1.165) is 25.3 Å². The summed E-state index contributed by atoms with van der Waals surface area (Å²) in [5.41, 5.74) is 0. The normalized spacial score (nSPS) is 21.4. The van der Waals surface area contributed by atoms with Crippen molar-refractivity contribution in [3.63, 3.8) is 0 Å². The van der Waals surface area contributed by atoms with Crippen molar-refractivity contribution in [3.05, 3.63) is 0 Å². The summed E-state index contributed by atoms with van der Waals surface area (Å²) in [6.07, 6.45) is 6.15. The van der Waals surface area contributed by atoms with Gasteiger partial charge in [-0.15, -0.1) is 12.4 Å². The largest absolute Gasteiger partial charge is 0.481 e. The highest BCUT2D eigenvalue weighted by Gasteiger charge is 2.17. The molecule has 0 radical (unpaired) electrons. The van der Waals surface area contributed by atoms with E-state index in [1.807, 2.05) is 0 Å². The zero-order valence-corrected chi connectivity index (χ0v) is 11.0. The van der Waals surface area contributed by atoms with Crippen LogP contribution in [0.1, 0.15) is 45.4 Å². The molecule has 1 saturated heterocycles. The third kappa shape index (κ3) is 6.33. The molecule has 0 amide bonds. The van der Waals surface area contributed by atoms with E-state index in [1.54, 1.807) is 0 Å². The average Bonchev–Trinajstić information content (AvgIpc) is 2.24. The topological polar surface area (TPSA) is 40.5 Å². The zero-order chi connectivity index (χ0) is 11.1. The second-order valence-corrected chi connectivity index (χ2v) is 4.57. The van der Waals surface area contributed by atoms with Crippen molar-refractivity contribution in [1.82, 2.24) is 4.90 Å². The Morgan fingerprint density at radius 3 is 2.81 bits per heavy atom. The van der Waals surface area contributed by atoms with Gasteiger partial charge in [0.05, 0.1) is 0 Å². The van der Waals surface area contributed by atoms with Crippen LogP contribution in [0.2, 0.25) is 0 Å². The molecule has 16 heavy (non-hydrogen) atoms. The maximum Gasteiger partial charge on any atom is 0.303 e. The first kappa shape index (κ1) is 15.7. The van der Waals surface area contributed by atoms with Crippen LogP contribution < -0.4 is 0 Å². The number of nitrogens with zero attached hydrogens (tertiary/aromatic N) is 1. The molecule has 1 heterocycles. The molecule has 1 rings (SSSR count). The van der Waals surface area contributed by atoms with Crippen LogP contribution in [0.25, 0.3) is 0 Å². The Kier molecular flexibility index (Phi) is 8.67. The van der Waals surface area contributed by atoms with Crippen molar-refractivity contribution >= 4 is 18.4 Å². The van der Waals surface area contributed by atoms with Crippen molar-refractivity contribution in [1.29, 1.82) is 0 Å². The van der Waals surface area contributed by atoms with Crippen LogP contribution in [0.5, 0.6) is 0 Å². The first-order valence-corrected chi connectivity index (χ1v) is 6.16. The van der Waals surface area contributed by atoms with E-state index in [9.17, 15) is 4.79 Å². The lowest BCUT2D eigenvalue weighted by Gasteiger charge is -2.32. The molecule has 1 fully saturated rings. The van der Waals surface area contributed by atoms with E-state index in [1.165, 1.54) is 32.4 Å². The van der Waals surface area contributed by atoms with Crippen molar-refractivity contribution in [2.75, 3.05) is 19.6 Å². The molecule has 0 aromatic rings. The highest BCUT2D eigenvalue weighted by Crippen LogP contribution is 2.19. The minimum absolute atomic E-state index is 0. The third-order valence-corrected chi connectivity index (χ3v) is 3.30. The summed E-state index contributed by atoms with van der Waals surface area (Å²) >= 11 is 0. The van der Waals surface area contributed by atoms with Crippen molar-refractivity contribution in [2.45, 2.75) is 45.4 Å². The number of carboxylic acid groups (broad SMARTS) is 1. The first-order valence-electron chi connectivity index (χ1n) is 6.16. The summed E-state index contributed by atoms with van der Waals surface area (Å²) in [6.45, 7) is 5.79. The van der Waals surface area contributed by atoms with Gasteiger partial charge < -0.3 is 10.0 Å². The molecule has 0 aromatic heterocycles. The summed E-state index contributed by atoms with van der Waals surface area (Å²) in [5, 5.41) is 8.52. The highest BCUT2D eigenvalue weighted by atomic mass is 35.5. The third-order valence-electron chi connectivity index (χ3n) is 3.30. The van der Waals surface area contributed by atoms with E-state index in [0.29, 0.717) is 6.42 Å². The van der Waals surface area contributed by atoms with Gasteiger partial charge in [-0.25, -0.2) is 0 Å². The molecule has 96 valence electrons. The number of carboxylic acids is 1. The standard InChI is InChI=1S/C12H23NO2.ClH/c1-2-11-6-5-9-13(10-11)8-4-3-7-12(14)15;/h11H,2-10H2,1H3,(H,14,15);1H. The Hall–Kier alpha value is -0.280. The minimum atomic E-state index is -0.667. The molecule has 1 aliphatic rings. The molecule has 0 spiro atoms. The molecule has 1 atom stereocenters. The monoisotopic (exact) mass is 249 g/mol. The fraction of sp³-hybridized carbons (Fsp3) is 0.917. The van der Waals surface area contributed by atoms with E-state index >= 15 is 0 Å². The predicted octanol–water partition coefficient (Wildman–Crippen LogP) is 2.79. The maximum absolute atomic E-state index is 10.3. The lowest BCUT2D eigenvalue weighted by Crippen LogP contribution is -2.35. The Balaban J connectivity index is 0.00000225. The van der Waals surface area contributed by atoms with E-state index < -0.39 is 5.97 Å². The second-order valence-electron chi connectivity index (χ2n) is 4.57. The van der Waals surface area contributed by atoms with Gasteiger partial charge in [0.15, 0.2) is 0 Å². The number of hydrogen-bond acceptors (Lipinski definition) is 2. The SMILES string of the molecule is CCC1CCCN(CCCCC(=O)O)C1.Cl. The van der Waals surface area contributed by atoms with Gasteiger partial charge in [0, 0.05) is 13.0 Å². The Morgan fingerprint density at radius 2 is 2.19 bits per heavy atom. The molecule has 3 nitrogen and oxygen atoms in total. The number of hydrogen-bond donors (Lipinski definition) is 1. The summed E-state index contributed by atoms with van der Waals surface area (Å²) in [7, 11) is 0. The summed E-state index contributed by atoms with van der Waals surface area (Å²) in [5.74, 6) is 0.207. The van der Waals surface area contributed by atoms with Crippen molar-refractivity contribution in [2.24, 2.45) is 5.92 Å². The van der Waals surface area contributed by atoms with Crippen molar-refractivity contribution < 1.29 is 9.90 Å². The van der Waals surface area contributed by atoms with Crippen LogP contribution in [-0.4, -0.2) is 35.6 Å². The Morgan fingerprint density at radius 1 is 1.44 bits per heavy atom. The molecule has 0 aliphatic carbocycles. The molecular weight excluding hydrogens is 226 g/mol. The molecule has 0 saturated carbocycles. The molecule has 1 aliphatic heterocycles. The number of piperidine rings is 1. The summed E-state index contributed by atoms with van der Waals surface area (Å²) in [4.78, 5) is 12.8. The van der Waals surface area contributed by atoms with Crippen molar-refractivity contribution in [3.8, 4) is 0 Å². The lowest BCUT2D eigenvalue weighted by atomic mass is 9.95. The first-order chi connectivity index (χ1) is 7.22. The number of carbonyl (C=O) groups is 1. The summed E-state index contributed by atoms with van der Waals surface area (Å²) < 4.78 is 0. The van der Waals surface area contributed by atoms with Crippen LogP contribution in [-0.2, 0) is 4.79 Å². The van der Waals surface area contributed by atoms with Crippen LogP contribution in [0.3, 0.4) is 0 Å². The fourth-order valence-electron chi connectivity index (χ4n) is 2.30. The average molecular weight is 250 g/mol. The molecule has 0 aromatic carbocycles. The van der Waals surface area contributed by atoms with Crippen LogP contribution in [0.15, 0.2) is 0 Å². The van der Waals surface area contributed by atoms with Gasteiger partial charge in [0.2, 0.25) is 0 Å². The molecule has 1 unspecified atom stereocenters. The van der Waals surface area contributed by atoms with E-state index in [-0.39, 0.29) is 12.4 Å². The zero-order valence-electron chi connectivity index (χ0n) is 10.2. The van der Waals surface area contributed by atoms with E-state index in [2.05, 4.69) is 11.8 Å². The van der Waals surface area contributed by atoms with Gasteiger partial charge in [-0.3, -0.25) is 4.79 Å². The van der Waals surface area contributed by atoms with Gasteiger partial charge in [-0.1, -0.05) is 13.3 Å². The number of halogens is 1. The molecule has 0 bridgehead atoms. The number of rotatable bonds is 6. The number of unbranched alkanes of at least 4 members (excludes halogenated alkanes) is 1. The smallest absolute Gasteiger partial charge is 0.303 e. The second kappa shape index (κ2) is 8.82. The molecule has 1 N–H and O–H groups in total. The van der Waals surface area contributed by atoms with E-state index in [4.69, 9.17) is 5.11 Å². The molecular formula is C12H24ClNO2. The van der Waals surface area contributed by atoms with Gasteiger partial charge in [-0.2, -0.15) is 0 Å². The van der Waals surface area contributed by atoms with Crippen LogP contribution >= 0.6 is 12.4 Å². The van der Waals surface area contributed by atoms with Gasteiger partial charge in [0.25, 0.3) is 0 Å². The van der Waals surface area contributed by atoms with Gasteiger partial charge in [-0.05, 0) is 44.7 Å². The van der Waals surface area contributed by atoms with Gasteiger partial charge >= 0.3 is 5.97 Å². The fourth-order valence-corrected chi connectivity index (χ4v) is 2.30. The number of likely N-dealkylation sites (tertiary alicyclic amines) is 1. The van der Waals surface area contributed by atoms with Gasteiger partial charge in [0.1, 0.15) is 0 Å². The Bertz CT molecular complexity index is 199. The highest BCUT2D eigenvalue weighted by molar-refractivity contribution is 5.85. The Labute approximate surface area is 105 Å². The predicted molar refractivity (Wildman–Crippen MR) is 68.2 cm³/mol. The quantitative estimate of drug-likeness (QED) is 0.736. The van der Waals surface area contributed by atoms with Crippen LogP contribution in [0.4, 0.5) is 0 Å². The molecule has 4 heteroatoms. The maximum atomic E-state index is 10.3. The minimum Gasteiger partial charge on any atom is -0.481 e. The summed E-state index contributed by atoms with van der Waals surface area (Å²) in [6, 6.07) is 0. The van der Waals surface area contributed by atoms with Crippen LogP contribution in [0, 0.1) is 5.92 Å².